The highest BCUT2D eigenvalue weighted by Gasteiger charge is 2.03. The van der Waals surface area contributed by atoms with Crippen molar-refractivity contribution in [3.05, 3.63) is 11.9 Å². The molecule has 0 amide bonds. The summed E-state index contributed by atoms with van der Waals surface area (Å²) >= 11 is 0. The van der Waals surface area contributed by atoms with Crippen LogP contribution in [0.1, 0.15) is 6.42 Å². The Kier molecular flexibility index (Phi) is 1.92. The Morgan fingerprint density at radius 3 is 3.00 bits per heavy atom. The van der Waals surface area contributed by atoms with Gasteiger partial charge in [0.25, 0.3) is 0 Å². The molecule has 9 heavy (non-hydrogen) atoms. The van der Waals surface area contributed by atoms with E-state index in [4.69, 9.17) is 5.73 Å². The van der Waals surface area contributed by atoms with Gasteiger partial charge in [0.1, 0.15) is 0 Å². The van der Waals surface area contributed by atoms with Gasteiger partial charge in [-0.05, 0) is 6.54 Å². The molecule has 0 saturated heterocycles. The van der Waals surface area contributed by atoms with Crippen LogP contribution < -0.4 is 16.7 Å². The standard InChI is InChI=1S/C5H12N4/c1-9-4-5(2-3-6)7-8-9/h4,7-8H,2-3,6H2,1H3. The fourth-order valence-electron chi connectivity index (χ4n) is 0.741. The maximum absolute atomic E-state index is 5.33. The SMILES string of the molecule is CN1C=C(CCN)NN1. The van der Waals surface area contributed by atoms with Gasteiger partial charge in [-0.1, -0.05) is 0 Å². The lowest BCUT2D eigenvalue weighted by Crippen LogP contribution is -2.33. The van der Waals surface area contributed by atoms with E-state index in [1.807, 2.05) is 18.3 Å². The van der Waals surface area contributed by atoms with E-state index in [-0.39, 0.29) is 0 Å². The average molecular weight is 128 g/mol. The summed E-state index contributed by atoms with van der Waals surface area (Å²) in [6, 6.07) is 0. The highest BCUT2D eigenvalue weighted by atomic mass is 15.7. The zero-order valence-electron chi connectivity index (χ0n) is 5.52. The van der Waals surface area contributed by atoms with Gasteiger partial charge in [0.2, 0.25) is 0 Å². The van der Waals surface area contributed by atoms with Crippen LogP contribution in [0.5, 0.6) is 0 Å². The quantitative estimate of drug-likeness (QED) is 0.452. The molecule has 52 valence electrons. The molecule has 4 nitrogen and oxygen atoms in total. The van der Waals surface area contributed by atoms with E-state index in [1.165, 1.54) is 0 Å². The molecule has 4 N–H and O–H groups in total. The Balaban J connectivity index is 2.33. The van der Waals surface area contributed by atoms with E-state index >= 15 is 0 Å². The van der Waals surface area contributed by atoms with Crippen LogP contribution in [-0.4, -0.2) is 18.6 Å². The number of hydrogen-bond acceptors (Lipinski definition) is 4. The van der Waals surface area contributed by atoms with Crippen LogP contribution in [0, 0.1) is 0 Å². The van der Waals surface area contributed by atoms with Gasteiger partial charge in [0.05, 0.1) is 0 Å². The molecule has 0 aromatic heterocycles. The highest BCUT2D eigenvalue weighted by Crippen LogP contribution is 1.98. The van der Waals surface area contributed by atoms with Crippen LogP contribution in [0.25, 0.3) is 0 Å². The fourth-order valence-corrected chi connectivity index (χ4v) is 0.741. The number of nitrogens with zero attached hydrogens (tertiary/aromatic N) is 1. The maximum atomic E-state index is 5.33. The molecule has 1 aliphatic rings. The van der Waals surface area contributed by atoms with Crippen molar-refractivity contribution in [2.45, 2.75) is 6.42 Å². The molecule has 0 atom stereocenters. The van der Waals surface area contributed by atoms with Crippen molar-refractivity contribution in [3.8, 4) is 0 Å². The molecule has 1 heterocycles. The van der Waals surface area contributed by atoms with Crippen LogP contribution in [-0.2, 0) is 0 Å². The minimum absolute atomic E-state index is 0.689. The van der Waals surface area contributed by atoms with E-state index in [0.717, 1.165) is 12.1 Å². The van der Waals surface area contributed by atoms with E-state index in [2.05, 4.69) is 11.0 Å². The monoisotopic (exact) mass is 128 g/mol. The third-order valence-electron chi connectivity index (χ3n) is 1.16. The van der Waals surface area contributed by atoms with E-state index in [1.54, 1.807) is 0 Å². The van der Waals surface area contributed by atoms with E-state index < -0.39 is 0 Å². The second-order valence-electron chi connectivity index (χ2n) is 2.04. The molecule has 0 aromatic rings. The van der Waals surface area contributed by atoms with Gasteiger partial charge in [-0.25, -0.2) is 0 Å². The first kappa shape index (κ1) is 6.38. The van der Waals surface area contributed by atoms with Crippen molar-refractivity contribution in [1.82, 2.24) is 16.0 Å². The van der Waals surface area contributed by atoms with Gasteiger partial charge in [0.15, 0.2) is 0 Å². The fraction of sp³-hybridized carbons (Fsp3) is 0.600. The predicted molar refractivity (Wildman–Crippen MR) is 35.8 cm³/mol. The average Bonchev–Trinajstić information content (AvgIpc) is 2.17. The van der Waals surface area contributed by atoms with Gasteiger partial charge in [-0.3, -0.25) is 5.01 Å². The minimum atomic E-state index is 0.689. The van der Waals surface area contributed by atoms with E-state index in [0.29, 0.717) is 6.54 Å². The topological polar surface area (TPSA) is 53.3 Å². The minimum Gasteiger partial charge on any atom is -0.330 e. The molecule has 0 saturated carbocycles. The van der Waals surface area contributed by atoms with Gasteiger partial charge in [0, 0.05) is 25.4 Å². The van der Waals surface area contributed by atoms with Crippen LogP contribution in [0.4, 0.5) is 0 Å². The molecule has 0 unspecified atom stereocenters. The molecule has 0 radical (unpaired) electrons. The zero-order valence-corrected chi connectivity index (χ0v) is 5.52. The number of nitrogens with one attached hydrogen (secondary N) is 2. The summed E-state index contributed by atoms with van der Waals surface area (Å²) < 4.78 is 0. The lowest BCUT2D eigenvalue weighted by Gasteiger charge is -2.05. The normalized spacial score (nSPS) is 17.6. The molecule has 0 aromatic carbocycles. The molecule has 1 rings (SSSR count). The highest BCUT2D eigenvalue weighted by molar-refractivity contribution is 5.00. The van der Waals surface area contributed by atoms with E-state index in [9.17, 15) is 0 Å². The second-order valence-corrected chi connectivity index (χ2v) is 2.04. The summed E-state index contributed by atoms with van der Waals surface area (Å²) in [6.45, 7) is 0.689. The van der Waals surface area contributed by atoms with Crippen LogP contribution in [0.2, 0.25) is 0 Å². The lowest BCUT2D eigenvalue weighted by atomic mass is 10.3. The first-order chi connectivity index (χ1) is 4.33. The smallest absolute Gasteiger partial charge is 0.0465 e. The summed E-state index contributed by atoms with van der Waals surface area (Å²) in [5.74, 6) is 0. The van der Waals surface area contributed by atoms with Gasteiger partial charge in [-0.15, -0.1) is 5.53 Å². The number of hydrogen-bond donors (Lipinski definition) is 3. The molecule has 1 aliphatic heterocycles. The van der Waals surface area contributed by atoms with Crippen molar-refractivity contribution in [2.75, 3.05) is 13.6 Å². The van der Waals surface area contributed by atoms with Crippen molar-refractivity contribution in [1.29, 1.82) is 0 Å². The molecule has 0 fully saturated rings. The van der Waals surface area contributed by atoms with Crippen molar-refractivity contribution in [2.24, 2.45) is 5.73 Å². The maximum Gasteiger partial charge on any atom is 0.0465 e. The molecule has 0 spiro atoms. The molecule has 4 heteroatoms. The third-order valence-corrected chi connectivity index (χ3v) is 1.16. The molecule has 0 aliphatic carbocycles. The third kappa shape index (κ3) is 1.58. The van der Waals surface area contributed by atoms with Gasteiger partial charge >= 0.3 is 0 Å². The predicted octanol–water partition coefficient (Wildman–Crippen LogP) is -0.869. The first-order valence-corrected chi connectivity index (χ1v) is 2.98. The molecule has 0 bridgehead atoms. The van der Waals surface area contributed by atoms with Crippen molar-refractivity contribution < 1.29 is 0 Å². The van der Waals surface area contributed by atoms with Gasteiger partial charge < -0.3 is 11.2 Å². The summed E-state index contributed by atoms with van der Waals surface area (Å²) in [6.07, 6.45) is 2.88. The Hall–Kier alpha value is -0.740. The zero-order chi connectivity index (χ0) is 6.69. The molecular formula is C5H12N4. The lowest BCUT2D eigenvalue weighted by molar-refractivity contribution is 0.326. The van der Waals surface area contributed by atoms with Crippen LogP contribution >= 0.6 is 0 Å². The summed E-state index contributed by atoms with van der Waals surface area (Å²) in [7, 11) is 1.93. The summed E-state index contributed by atoms with van der Waals surface area (Å²) in [5.41, 5.74) is 12.3. The van der Waals surface area contributed by atoms with Gasteiger partial charge in [-0.2, -0.15) is 0 Å². The Morgan fingerprint density at radius 2 is 2.56 bits per heavy atom. The number of nitrogens with two attached hydrogens (primary N) is 1. The second kappa shape index (κ2) is 2.70. The largest absolute Gasteiger partial charge is 0.330 e. The molecular weight excluding hydrogens is 116 g/mol. The Bertz CT molecular complexity index is 120. The first-order valence-electron chi connectivity index (χ1n) is 2.98. The Morgan fingerprint density at radius 1 is 1.78 bits per heavy atom. The van der Waals surface area contributed by atoms with Crippen molar-refractivity contribution in [3.63, 3.8) is 0 Å². The van der Waals surface area contributed by atoms with Crippen LogP contribution in [0.3, 0.4) is 0 Å². The number of hydrazine groups is 2. The summed E-state index contributed by atoms with van der Waals surface area (Å²) in [4.78, 5) is 0. The number of rotatable bonds is 2. The summed E-state index contributed by atoms with van der Waals surface area (Å²) in [5, 5.41) is 1.85. The Labute approximate surface area is 54.6 Å². The van der Waals surface area contributed by atoms with Crippen LogP contribution in [0.15, 0.2) is 11.9 Å². The van der Waals surface area contributed by atoms with Crippen molar-refractivity contribution >= 4 is 0 Å².